The summed E-state index contributed by atoms with van der Waals surface area (Å²) in [5, 5.41) is 11.6. The SMILES string of the molecule is C=CCNC(=O)C(=O)C(CC1CC1)NC(=O)[C@@H]1[C@@H](C(C)C)CCN1C(=O)[C@@H](NC(=O)N[C@H](CN1CCCCC1=O)C(C)(C)C)C1Cc2ccccc2C1. The van der Waals surface area contributed by atoms with Gasteiger partial charge in [-0.05, 0) is 78.7 Å². The lowest BCUT2D eigenvalue weighted by atomic mass is 9.86. The second-order valence-electron chi connectivity index (χ2n) is 17.0. The largest absolute Gasteiger partial charge is 0.346 e. The number of piperidine rings is 1. The smallest absolute Gasteiger partial charge is 0.315 e. The molecule has 5 atom stereocenters. The molecule has 4 aliphatic rings. The Morgan fingerprint density at radius 2 is 1.62 bits per heavy atom. The first kappa shape index (κ1) is 40.0. The van der Waals surface area contributed by atoms with Gasteiger partial charge in [-0.2, -0.15) is 0 Å². The third-order valence-corrected chi connectivity index (χ3v) is 11.7. The minimum atomic E-state index is -1.00. The number of carbonyl (C=O) groups is 6. The molecule has 0 bridgehead atoms. The van der Waals surface area contributed by atoms with Gasteiger partial charge in [-0.3, -0.25) is 24.0 Å². The number of carbonyl (C=O) groups excluding carboxylic acids is 6. The molecule has 0 spiro atoms. The first-order valence-corrected chi connectivity index (χ1v) is 19.6. The van der Waals surface area contributed by atoms with E-state index in [2.05, 4.69) is 27.8 Å². The van der Waals surface area contributed by atoms with Crippen molar-refractivity contribution >= 4 is 35.4 Å². The van der Waals surface area contributed by atoms with Crippen LogP contribution in [0.5, 0.6) is 0 Å². The van der Waals surface area contributed by atoms with Crippen LogP contribution in [-0.2, 0) is 36.8 Å². The highest BCUT2D eigenvalue weighted by Crippen LogP contribution is 2.36. The second-order valence-corrected chi connectivity index (χ2v) is 17.0. The second kappa shape index (κ2) is 17.3. The van der Waals surface area contributed by atoms with Crippen LogP contribution in [0, 0.1) is 29.1 Å². The van der Waals surface area contributed by atoms with E-state index < -0.39 is 41.8 Å². The van der Waals surface area contributed by atoms with E-state index in [1.54, 1.807) is 4.90 Å². The van der Waals surface area contributed by atoms with Crippen LogP contribution in [0.15, 0.2) is 36.9 Å². The van der Waals surface area contributed by atoms with Gasteiger partial charge >= 0.3 is 6.03 Å². The molecule has 1 aromatic carbocycles. The lowest BCUT2D eigenvalue weighted by Crippen LogP contribution is -2.61. The van der Waals surface area contributed by atoms with Crippen LogP contribution in [-0.4, -0.2) is 95.6 Å². The molecular weight excluding hydrogens is 672 g/mol. The van der Waals surface area contributed by atoms with Gasteiger partial charge in [-0.1, -0.05) is 77.8 Å². The van der Waals surface area contributed by atoms with Crippen LogP contribution in [0.25, 0.3) is 0 Å². The quantitative estimate of drug-likeness (QED) is 0.160. The molecule has 12 nitrogen and oxygen atoms in total. The Kier molecular flexibility index (Phi) is 13.0. The number of Topliss-reactive ketones (excluding diaryl/α,β-unsaturated/α-hetero) is 1. The van der Waals surface area contributed by atoms with Crippen molar-refractivity contribution in [2.75, 3.05) is 26.2 Å². The molecule has 2 aliphatic heterocycles. The van der Waals surface area contributed by atoms with Crippen LogP contribution in [0.3, 0.4) is 0 Å². The van der Waals surface area contributed by atoms with E-state index in [0.717, 1.165) is 36.8 Å². The highest BCUT2D eigenvalue weighted by Gasteiger charge is 2.48. The Hall–Kier alpha value is -4.22. The fraction of sp³-hybridized carbons (Fsp3) is 0.659. The normalized spacial score (nSPS) is 22.1. The first-order valence-electron chi connectivity index (χ1n) is 19.6. The molecule has 12 heteroatoms. The molecule has 5 rings (SSSR count). The van der Waals surface area contributed by atoms with Crippen molar-refractivity contribution in [3.05, 3.63) is 48.0 Å². The Morgan fingerprint density at radius 1 is 0.943 bits per heavy atom. The molecule has 1 aromatic rings. The zero-order valence-electron chi connectivity index (χ0n) is 32.2. The summed E-state index contributed by atoms with van der Waals surface area (Å²) >= 11 is 0. The maximum Gasteiger partial charge on any atom is 0.315 e. The fourth-order valence-corrected chi connectivity index (χ4v) is 8.22. The summed E-state index contributed by atoms with van der Waals surface area (Å²) in [6.45, 7) is 15.2. The number of likely N-dealkylation sites (tertiary alicyclic amines) is 2. The van der Waals surface area contributed by atoms with Crippen molar-refractivity contribution in [1.82, 2.24) is 31.1 Å². The van der Waals surface area contributed by atoms with Crippen LogP contribution >= 0.6 is 0 Å². The molecular formula is C41H60N6O6. The zero-order valence-corrected chi connectivity index (χ0v) is 32.2. The van der Waals surface area contributed by atoms with Gasteiger partial charge in [0, 0.05) is 32.6 Å². The van der Waals surface area contributed by atoms with Gasteiger partial charge in [0.05, 0.1) is 12.1 Å². The Balaban J connectivity index is 1.39. The molecule has 290 valence electrons. The number of nitrogens with zero attached hydrogens (tertiary/aromatic N) is 2. The summed E-state index contributed by atoms with van der Waals surface area (Å²) in [5.41, 5.74) is 1.87. The van der Waals surface area contributed by atoms with E-state index in [0.29, 0.717) is 51.7 Å². The van der Waals surface area contributed by atoms with Gasteiger partial charge in [0.2, 0.25) is 23.5 Å². The minimum Gasteiger partial charge on any atom is -0.346 e. The van der Waals surface area contributed by atoms with E-state index >= 15 is 0 Å². The van der Waals surface area contributed by atoms with Crippen LogP contribution in [0.2, 0.25) is 0 Å². The van der Waals surface area contributed by atoms with Gasteiger partial charge in [0.1, 0.15) is 12.1 Å². The Bertz CT molecular complexity index is 1520. The summed E-state index contributed by atoms with van der Waals surface area (Å²) in [7, 11) is 0. The number of amides is 6. The van der Waals surface area contributed by atoms with Gasteiger partial charge in [0.15, 0.2) is 0 Å². The highest BCUT2D eigenvalue weighted by molar-refractivity contribution is 6.38. The predicted octanol–water partition coefficient (Wildman–Crippen LogP) is 3.53. The molecule has 3 fully saturated rings. The summed E-state index contributed by atoms with van der Waals surface area (Å²) in [6, 6.07) is 4.35. The lowest BCUT2D eigenvalue weighted by molar-refractivity contribution is -0.144. The number of fused-ring (bicyclic) bond motifs is 1. The first-order chi connectivity index (χ1) is 25.2. The number of ketones is 1. The molecule has 2 heterocycles. The molecule has 1 saturated carbocycles. The molecule has 6 amide bonds. The average Bonchev–Trinajstić information content (AvgIpc) is 3.64. The van der Waals surface area contributed by atoms with Crippen LogP contribution in [0.4, 0.5) is 4.79 Å². The van der Waals surface area contributed by atoms with E-state index in [4.69, 9.17) is 0 Å². The van der Waals surface area contributed by atoms with E-state index in [1.165, 1.54) is 6.08 Å². The van der Waals surface area contributed by atoms with E-state index in [9.17, 15) is 28.8 Å². The molecule has 1 unspecified atom stereocenters. The third kappa shape index (κ3) is 10.1. The number of nitrogens with one attached hydrogen (secondary N) is 4. The highest BCUT2D eigenvalue weighted by atomic mass is 16.2. The van der Waals surface area contributed by atoms with Crippen LogP contribution < -0.4 is 21.3 Å². The van der Waals surface area contributed by atoms with Crippen molar-refractivity contribution in [1.29, 1.82) is 0 Å². The number of benzene rings is 1. The lowest BCUT2D eigenvalue weighted by Gasteiger charge is -2.38. The zero-order chi connectivity index (χ0) is 38.4. The molecule has 0 aromatic heterocycles. The summed E-state index contributed by atoms with van der Waals surface area (Å²) in [4.78, 5) is 85.3. The number of hydrogen-bond acceptors (Lipinski definition) is 6. The van der Waals surface area contributed by atoms with Gasteiger partial charge in [-0.15, -0.1) is 6.58 Å². The maximum atomic E-state index is 14.9. The number of urea groups is 1. The molecule has 2 aliphatic carbocycles. The third-order valence-electron chi connectivity index (χ3n) is 11.7. The van der Waals surface area contributed by atoms with Crippen molar-refractivity contribution in [3.8, 4) is 0 Å². The van der Waals surface area contributed by atoms with Gasteiger partial charge in [0.25, 0.3) is 5.91 Å². The topological polar surface area (TPSA) is 157 Å². The summed E-state index contributed by atoms with van der Waals surface area (Å²) in [6.07, 6.45) is 7.77. The minimum absolute atomic E-state index is 0.0486. The average molecular weight is 733 g/mol. The van der Waals surface area contributed by atoms with Crippen molar-refractivity contribution in [3.63, 3.8) is 0 Å². The molecule has 2 saturated heterocycles. The van der Waals surface area contributed by atoms with Gasteiger partial charge in [-0.25, -0.2) is 4.79 Å². The fourth-order valence-electron chi connectivity index (χ4n) is 8.22. The molecule has 53 heavy (non-hydrogen) atoms. The monoisotopic (exact) mass is 732 g/mol. The van der Waals surface area contributed by atoms with Crippen molar-refractivity contribution in [2.24, 2.45) is 29.1 Å². The van der Waals surface area contributed by atoms with Crippen LogP contribution in [0.1, 0.15) is 90.7 Å². The van der Waals surface area contributed by atoms with Gasteiger partial charge < -0.3 is 31.1 Å². The van der Waals surface area contributed by atoms with Crippen molar-refractivity contribution in [2.45, 2.75) is 117 Å². The Morgan fingerprint density at radius 3 is 2.21 bits per heavy atom. The summed E-state index contributed by atoms with van der Waals surface area (Å²) < 4.78 is 0. The predicted molar refractivity (Wildman–Crippen MR) is 202 cm³/mol. The van der Waals surface area contributed by atoms with Crippen molar-refractivity contribution < 1.29 is 28.8 Å². The van der Waals surface area contributed by atoms with E-state index in [-0.39, 0.29) is 53.5 Å². The Labute approximate surface area is 314 Å². The number of rotatable bonds is 15. The maximum absolute atomic E-state index is 14.9. The summed E-state index contributed by atoms with van der Waals surface area (Å²) in [5.74, 6) is -2.33. The molecule has 0 radical (unpaired) electrons. The number of hydrogen-bond donors (Lipinski definition) is 4. The van der Waals surface area contributed by atoms with E-state index in [1.807, 2.05) is 63.8 Å². The molecule has 4 N–H and O–H groups in total. The standard InChI is InChI=1S/C41H60N6O6/c1-7-18-42-38(51)36(49)31(21-26-15-16-26)43-37(50)35-30(25(2)3)17-20-47(35)39(52)34(29-22-27-12-8-9-13-28(27)23-29)45-40(53)44-32(41(4,5)6)24-46-19-11-10-14-33(46)48/h7-9,12-13,25-26,29-32,34-35H,1,10-11,14-24H2,2-6H3,(H,42,51)(H,43,50)(H2,44,45,53)/t30-,31?,32-,34+,35+/m1/s1.